The summed E-state index contributed by atoms with van der Waals surface area (Å²) in [6, 6.07) is 0. The van der Waals surface area contributed by atoms with Gasteiger partial charge in [0.05, 0.1) is 17.2 Å². The molecule has 0 spiro atoms. The van der Waals surface area contributed by atoms with Crippen LogP contribution in [0.2, 0.25) is 0 Å². The lowest BCUT2D eigenvalue weighted by molar-refractivity contribution is 0.197. The van der Waals surface area contributed by atoms with Gasteiger partial charge in [-0.3, -0.25) is 4.99 Å². The van der Waals surface area contributed by atoms with E-state index < -0.39 is 0 Å². The Morgan fingerprint density at radius 2 is 2.12 bits per heavy atom. The summed E-state index contributed by atoms with van der Waals surface area (Å²) in [6.07, 6.45) is 3.60. The van der Waals surface area contributed by atoms with Gasteiger partial charge in [0.2, 0.25) is 0 Å². The number of piperidine rings is 1. The molecule has 24 heavy (non-hydrogen) atoms. The highest BCUT2D eigenvalue weighted by atomic mass is 127. The first-order valence-corrected chi connectivity index (χ1v) is 9.71. The molecule has 2 rings (SSSR count). The molecule has 0 aliphatic carbocycles. The van der Waals surface area contributed by atoms with Crippen LogP contribution in [-0.2, 0) is 6.42 Å². The summed E-state index contributed by atoms with van der Waals surface area (Å²) < 4.78 is 0. The van der Waals surface area contributed by atoms with Crippen LogP contribution >= 0.6 is 35.3 Å². The van der Waals surface area contributed by atoms with Gasteiger partial charge < -0.3 is 15.5 Å². The summed E-state index contributed by atoms with van der Waals surface area (Å²) in [5.41, 5.74) is 1.17. The van der Waals surface area contributed by atoms with E-state index in [1.54, 1.807) is 11.3 Å². The van der Waals surface area contributed by atoms with Crippen LogP contribution in [0.15, 0.2) is 10.4 Å². The Balaban J connectivity index is 0.00000288. The standard InChI is InChI=1S/C17H31N5S.HI/c1-4-18-17(19-8-5-16-13-23-15(3)21-16)20-9-12-22-10-6-14(2)7-11-22;/h13-14H,4-12H2,1-3H3,(H2,18,19,20);1H. The number of guanidine groups is 1. The van der Waals surface area contributed by atoms with E-state index in [1.807, 2.05) is 0 Å². The highest BCUT2D eigenvalue weighted by molar-refractivity contribution is 14.0. The van der Waals surface area contributed by atoms with Crippen molar-refractivity contribution in [2.24, 2.45) is 10.9 Å². The van der Waals surface area contributed by atoms with Crippen LogP contribution in [0.4, 0.5) is 0 Å². The molecule has 1 aliphatic rings. The van der Waals surface area contributed by atoms with Gasteiger partial charge in [0.1, 0.15) is 0 Å². The Hall–Kier alpha value is -0.410. The number of likely N-dealkylation sites (tertiary alicyclic amines) is 1. The monoisotopic (exact) mass is 465 g/mol. The van der Waals surface area contributed by atoms with Crippen LogP contribution in [-0.4, -0.2) is 55.1 Å². The Labute approximate surface area is 167 Å². The summed E-state index contributed by atoms with van der Waals surface area (Å²) in [4.78, 5) is 11.7. The number of aliphatic imine (C=N–C) groups is 1. The predicted octanol–water partition coefficient (Wildman–Crippen LogP) is 2.90. The second-order valence-electron chi connectivity index (χ2n) is 6.32. The van der Waals surface area contributed by atoms with Crippen molar-refractivity contribution < 1.29 is 0 Å². The van der Waals surface area contributed by atoms with Crippen LogP contribution in [0.3, 0.4) is 0 Å². The van der Waals surface area contributed by atoms with Crippen molar-refractivity contribution in [3.63, 3.8) is 0 Å². The van der Waals surface area contributed by atoms with E-state index >= 15 is 0 Å². The van der Waals surface area contributed by atoms with Crippen molar-refractivity contribution in [3.8, 4) is 0 Å². The van der Waals surface area contributed by atoms with Crippen LogP contribution < -0.4 is 10.6 Å². The van der Waals surface area contributed by atoms with Gasteiger partial charge in [-0.2, -0.15) is 0 Å². The first-order chi connectivity index (χ1) is 11.2. The minimum atomic E-state index is 0. The average molecular weight is 465 g/mol. The van der Waals surface area contributed by atoms with Crippen LogP contribution in [0.1, 0.15) is 37.4 Å². The molecule has 0 atom stereocenters. The van der Waals surface area contributed by atoms with Crippen LogP contribution in [0.25, 0.3) is 0 Å². The molecular weight excluding hydrogens is 433 g/mol. The molecule has 138 valence electrons. The zero-order chi connectivity index (χ0) is 16.5. The fraction of sp³-hybridized carbons (Fsp3) is 0.765. The maximum atomic E-state index is 4.70. The summed E-state index contributed by atoms with van der Waals surface area (Å²) in [7, 11) is 0. The highest BCUT2D eigenvalue weighted by Crippen LogP contribution is 2.15. The average Bonchev–Trinajstić information content (AvgIpc) is 2.95. The largest absolute Gasteiger partial charge is 0.357 e. The molecule has 5 nitrogen and oxygen atoms in total. The minimum absolute atomic E-state index is 0. The normalized spacial score (nSPS) is 16.7. The molecule has 0 amide bonds. The number of aromatic nitrogens is 1. The Morgan fingerprint density at radius 3 is 2.75 bits per heavy atom. The minimum Gasteiger partial charge on any atom is -0.357 e. The molecule has 2 heterocycles. The van der Waals surface area contributed by atoms with E-state index in [9.17, 15) is 0 Å². The third-order valence-corrected chi connectivity index (χ3v) is 5.07. The van der Waals surface area contributed by atoms with Crippen molar-refractivity contribution in [2.45, 2.75) is 40.0 Å². The van der Waals surface area contributed by atoms with Crippen LogP contribution in [0, 0.1) is 12.8 Å². The number of rotatable bonds is 7. The zero-order valence-corrected chi connectivity index (χ0v) is 18.3. The van der Waals surface area contributed by atoms with Gasteiger partial charge in [0, 0.05) is 31.4 Å². The van der Waals surface area contributed by atoms with E-state index in [0.29, 0.717) is 0 Å². The number of hydrogen-bond acceptors (Lipinski definition) is 4. The second-order valence-corrected chi connectivity index (χ2v) is 7.38. The van der Waals surface area contributed by atoms with Gasteiger partial charge in [-0.1, -0.05) is 6.92 Å². The molecule has 1 aromatic heterocycles. The molecule has 0 bridgehead atoms. The quantitative estimate of drug-likeness (QED) is 0.370. The zero-order valence-electron chi connectivity index (χ0n) is 15.2. The number of aryl methyl sites for hydroxylation is 1. The number of halogens is 1. The van der Waals surface area contributed by atoms with Crippen molar-refractivity contribution in [2.75, 3.05) is 39.3 Å². The number of nitrogens with one attached hydrogen (secondary N) is 2. The molecule has 0 aromatic carbocycles. The van der Waals surface area contributed by atoms with Gasteiger partial charge >= 0.3 is 0 Å². The summed E-state index contributed by atoms with van der Waals surface area (Å²) in [6.45, 7) is 12.6. The van der Waals surface area contributed by atoms with Crippen molar-refractivity contribution in [1.82, 2.24) is 20.5 Å². The third kappa shape index (κ3) is 8.11. The first-order valence-electron chi connectivity index (χ1n) is 8.83. The molecule has 1 aliphatic heterocycles. The fourth-order valence-corrected chi connectivity index (χ4v) is 3.41. The van der Waals surface area contributed by atoms with Gasteiger partial charge in [0.25, 0.3) is 0 Å². The molecular formula is C17H32IN5S. The van der Waals surface area contributed by atoms with E-state index in [2.05, 4.69) is 46.7 Å². The van der Waals surface area contributed by atoms with E-state index in [4.69, 9.17) is 4.99 Å². The molecule has 1 fully saturated rings. The lowest BCUT2D eigenvalue weighted by Crippen LogP contribution is -2.39. The van der Waals surface area contributed by atoms with Crippen LogP contribution in [0.5, 0.6) is 0 Å². The number of hydrogen-bond donors (Lipinski definition) is 2. The Kier molecular flexibility index (Phi) is 10.8. The SMILES string of the molecule is CCNC(=NCCN1CCC(C)CC1)NCCc1csc(C)n1.I. The van der Waals surface area contributed by atoms with Crippen molar-refractivity contribution in [1.29, 1.82) is 0 Å². The van der Waals surface area contributed by atoms with Crippen molar-refractivity contribution in [3.05, 3.63) is 16.1 Å². The third-order valence-electron chi connectivity index (χ3n) is 4.25. The Bertz CT molecular complexity index is 483. The van der Waals surface area contributed by atoms with Gasteiger partial charge in [0.15, 0.2) is 5.96 Å². The molecule has 2 N–H and O–H groups in total. The lowest BCUT2D eigenvalue weighted by Gasteiger charge is -2.29. The smallest absolute Gasteiger partial charge is 0.191 e. The van der Waals surface area contributed by atoms with Gasteiger partial charge in [-0.05, 0) is 45.7 Å². The first kappa shape index (κ1) is 21.6. The van der Waals surface area contributed by atoms with E-state index in [0.717, 1.165) is 49.5 Å². The topological polar surface area (TPSA) is 52.6 Å². The van der Waals surface area contributed by atoms with Gasteiger partial charge in [-0.25, -0.2) is 4.98 Å². The number of nitrogens with zero attached hydrogens (tertiary/aromatic N) is 3. The van der Waals surface area contributed by atoms with Gasteiger partial charge in [-0.15, -0.1) is 35.3 Å². The van der Waals surface area contributed by atoms with Crippen molar-refractivity contribution >= 4 is 41.3 Å². The highest BCUT2D eigenvalue weighted by Gasteiger charge is 2.14. The summed E-state index contributed by atoms with van der Waals surface area (Å²) in [5.74, 6) is 1.81. The summed E-state index contributed by atoms with van der Waals surface area (Å²) >= 11 is 1.71. The molecule has 1 aromatic rings. The maximum Gasteiger partial charge on any atom is 0.191 e. The number of thiazole rings is 1. The molecule has 0 saturated carbocycles. The predicted molar refractivity (Wildman–Crippen MR) is 115 cm³/mol. The van der Waals surface area contributed by atoms with E-state index in [1.165, 1.54) is 31.6 Å². The van der Waals surface area contributed by atoms with E-state index in [-0.39, 0.29) is 24.0 Å². The Morgan fingerprint density at radius 1 is 1.38 bits per heavy atom. The molecule has 1 saturated heterocycles. The molecule has 7 heteroatoms. The lowest BCUT2D eigenvalue weighted by atomic mass is 9.99. The maximum absolute atomic E-state index is 4.70. The fourth-order valence-electron chi connectivity index (χ4n) is 2.76. The molecule has 0 unspecified atom stereocenters. The summed E-state index contributed by atoms with van der Waals surface area (Å²) in [5, 5.41) is 10.0. The molecule has 0 radical (unpaired) electrons. The second kappa shape index (κ2) is 12.0.